The molecule has 0 saturated heterocycles. The quantitative estimate of drug-likeness (QED) is 0.490. The molecule has 0 aliphatic carbocycles. The molecule has 1 rings (SSSR count). The van der Waals surface area contributed by atoms with E-state index >= 15 is 0 Å². The van der Waals surface area contributed by atoms with Crippen molar-refractivity contribution < 1.29 is 9.90 Å². The van der Waals surface area contributed by atoms with Gasteiger partial charge in [-0.3, -0.25) is 4.79 Å². The molecule has 1 aromatic rings. The third-order valence-corrected chi connectivity index (χ3v) is 3.40. The molecule has 1 aromatic carbocycles. The molecular weight excluding hydrogens is 317 g/mol. The molecule has 2 N–H and O–H groups in total. The van der Waals surface area contributed by atoms with Crippen molar-refractivity contribution in [2.45, 2.75) is 16.6 Å². The molecule has 3 nitrogen and oxygen atoms in total. The summed E-state index contributed by atoms with van der Waals surface area (Å²) in [5.74, 6) is -0.183. The topological polar surface area (TPSA) is 49.3 Å². The normalized spacial score (nSPS) is 13.9. The Morgan fingerprint density at radius 2 is 2.12 bits per heavy atom. The molecule has 0 aliphatic rings. The van der Waals surface area contributed by atoms with Crippen molar-refractivity contribution in [1.29, 1.82) is 0 Å². The number of benzene rings is 1. The average molecular weight is 331 g/mol. The van der Waals surface area contributed by atoms with Crippen molar-refractivity contribution in [3.63, 3.8) is 0 Å². The van der Waals surface area contributed by atoms with E-state index in [2.05, 4.69) is 11.9 Å². The summed E-state index contributed by atoms with van der Waals surface area (Å²) in [5.41, 5.74) is 1.03. The lowest BCUT2D eigenvalue weighted by Crippen LogP contribution is -2.36. The monoisotopic (exact) mass is 331 g/mol. The van der Waals surface area contributed by atoms with Crippen molar-refractivity contribution in [1.82, 2.24) is 5.32 Å². The standard InChI is InChI=1S/C12H14INO2/c1-2-10(15)11(13)12(16)14-8-9-6-4-3-5-7-9/h2-7,10-11,15H,1,8H2,(H,14,16)/t10-,11+/m0/s1. The molecule has 0 fully saturated rings. The van der Waals surface area contributed by atoms with Crippen LogP contribution in [0, 0.1) is 0 Å². The summed E-state index contributed by atoms with van der Waals surface area (Å²) in [6.07, 6.45) is 0.551. The smallest absolute Gasteiger partial charge is 0.236 e. The molecule has 1 amide bonds. The van der Waals surface area contributed by atoms with E-state index < -0.39 is 10.0 Å². The van der Waals surface area contributed by atoms with Crippen LogP contribution in [0.25, 0.3) is 0 Å². The van der Waals surface area contributed by atoms with E-state index in [1.165, 1.54) is 6.08 Å². The van der Waals surface area contributed by atoms with Gasteiger partial charge in [-0.2, -0.15) is 0 Å². The second kappa shape index (κ2) is 6.65. The number of halogens is 1. The van der Waals surface area contributed by atoms with Gasteiger partial charge in [0, 0.05) is 6.54 Å². The van der Waals surface area contributed by atoms with Crippen LogP contribution in [0.2, 0.25) is 0 Å². The van der Waals surface area contributed by atoms with Crippen molar-refractivity contribution in [3.8, 4) is 0 Å². The first kappa shape index (κ1) is 13.2. The van der Waals surface area contributed by atoms with Crippen LogP contribution in [-0.2, 0) is 11.3 Å². The van der Waals surface area contributed by atoms with Crippen LogP contribution in [-0.4, -0.2) is 21.0 Å². The second-order valence-corrected chi connectivity index (χ2v) is 4.67. The average Bonchev–Trinajstić information content (AvgIpc) is 2.35. The van der Waals surface area contributed by atoms with Crippen LogP contribution >= 0.6 is 22.6 Å². The zero-order valence-electron chi connectivity index (χ0n) is 8.77. The van der Waals surface area contributed by atoms with Crippen LogP contribution < -0.4 is 5.32 Å². The summed E-state index contributed by atoms with van der Waals surface area (Å²) >= 11 is 1.90. The summed E-state index contributed by atoms with van der Waals surface area (Å²) in [7, 11) is 0. The van der Waals surface area contributed by atoms with Gasteiger partial charge in [0.25, 0.3) is 0 Å². The minimum absolute atomic E-state index is 0.183. The first-order chi connectivity index (χ1) is 7.65. The molecule has 0 aliphatic heterocycles. The Morgan fingerprint density at radius 1 is 1.50 bits per heavy atom. The zero-order chi connectivity index (χ0) is 12.0. The predicted molar refractivity (Wildman–Crippen MR) is 72.3 cm³/mol. The van der Waals surface area contributed by atoms with E-state index in [4.69, 9.17) is 0 Å². The van der Waals surface area contributed by atoms with E-state index in [1.54, 1.807) is 0 Å². The fourth-order valence-electron chi connectivity index (χ4n) is 1.16. The SMILES string of the molecule is C=C[C@H](O)[C@@H](I)C(=O)NCc1ccccc1. The first-order valence-corrected chi connectivity index (χ1v) is 6.16. The number of aliphatic hydroxyl groups excluding tert-OH is 1. The number of carbonyl (C=O) groups excluding carboxylic acids is 1. The van der Waals surface area contributed by atoms with Crippen molar-refractivity contribution >= 4 is 28.5 Å². The van der Waals surface area contributed by atoms with Crippen LogP contribution in [0.15, 0.2) is 43.0 Å². The Balaban J connectivity index is 2.44. The van der Waals surface area contributed by atoms with Crippen LogP contribution in [0.1, 0.15) is 5.56 Å². The molecule has 0 aromatic heterocycles. The third-order valence-electron chi connectivity index (χ3n) is 2.10. The van der Waals surface area contributed by atoms with Crippen LogP contribution in [0.5, 0.6) is 0 Å². The summed E-state index contributed by atoms with van der Waals surface area (Å²) < 4.78 is -0.501. The lowest BCUT2D eigenvalue weighted by Gasteiger charge is -2.13. The Morgan fingerprint density at radius 3 is 2.69 bits per heavy atom. The van der Waals surface area contributed by atoms with Crippen LogP contribution in [0.3, 0.4) is 0 Å². The highest BCUT2D eigenvalue weighted by molar-refractivity contribution is 14.1. The number of amides is 1. The Hall–Kier alpha value is -0.880. The van der Waals surface area contributed by atoms with E-state index in [1.807, 2.05) is 52.9 Å². The highest BCUT2D eigenvalue weighted by Crippen LogP contribution is 2.08. The molecule has 0 spiro atoms. The number of rotatable bonds is 5. The number of carbonyl (C=O) groups is 1. The van der Waals surface area contributed by atoms with Gasteiger partial charge in [0.05, 0.1) is 6.10 Å². The zero-order valence-corrected chi connectivity index (χ0v) is 10.9. The second-order valence-electron chi connectivity index (χ2n) is 3.33. The summed E-state index contributed by atoms with van der Waals surface area (Å²) in [5, 5.41) is 12.2. The molecule has 2 atom stereocenters. The van der Waals surface area contributed by atoms with Gasteiger partial charge in [-0.05, 0) is 5.56 Å². The van der Waals surface area contributed by atoms with E-state index in [0.717, 1.165) is 5.56 Å². The van der Waals surface area contributed by atoms with E-state index in [-0.39, 0.29) is 5.91 Å². The van der Waals surface area contributed by atoms with Crippen molar-refractivity contribution in [2.24, 2.45) is 0 Å². The Labute approximate surface area is 109 Å². The molecule has 0 saturated carbocycles. The van der Waals surface area contributed by atoms with Gasteiger partial charge in [-0.25, -0.2) is 0 Å². The molecule has 0 radical (unpaired) electrons. The van der Waals surface area contributed by atoms with Crippen LogP contribution in [0.4, 0.5) is 0 Å². The lowest BCUT2D eigenvalue weighted by molar-refractivity contribution is -0.121. The maximum Gasteiger partial charge on any atom is 0.236 e. The fourth-order valence-corrected chi connectivity index (χ4v) is 1.67. The number of hydrogen-bond donors (Lipinski definition) is 2. The van der Waals surface area contributed by atoms with Gasteiger partial charge >= 0.3 is 0 Å². The third kappa shape index (κ3) is 3.94. The minimum atomic E-state index is -0.809. The highest BCUT2D eigenvalue weighted by Gasteiger charge is 2.20. The number of hydrogen-bond acceptors (Lipinski definition) is 2. The van der Waals surface area contributed by atoms with Crippen molar-refractivity contribution in [3.05, 3.63) is 48.6 Å². The fraction of sp³-hybridized carbons (Fsp3) is 0.250. The Kier molecular flexibility index (Phi) is 5.48. The molecule has 0 heterocycles. The van der Waals surface area contributed by atoms with Gasteiger partial charge in [-0.15, -0.1) is 6.58 Å². The maximum absolute atomic E-state index is 11.6. The van der Waals surface area contributed by atoms with Gasteiger partial charge in [0.1, 0.15) is 3.92 Å². The summed E-state index contributed by atoms with van der Waals surface area (Å²) in [6.45, 7) is 3.92. The van der Waals surface area contributed by atoms with Gasteiger partial charge < -0.3 is 10.4 Å². The largest absolute Gasteiger partial charge is 0.387 e. The molecule has 16 heavy (non-hydrogen) atoms. The van der Waals surface area contributed by atoms with Gasteiger partial charge in [0.15, 0.2) is 0 Å². The number of alkyl halides is 1. The highest BCUT2D eigenvalue weighted by atomic mass is 127. The Bertz CT molecular complexity index is 353. The van der Waals surface area contributed by atoms with E-state index in [0.29, 0.717) is 6.54 Å². The number of nitrogens with one attached hydrogen (secondary N) is 1. The van der Waals surface area contributed by atoms with Gasteiger partial charge in [-0.1, -0.05) is 59.0 Å². The molecule has 0 unspecified atom stereocenters. The molecule has 86 valence electrons. The molecular formula is C12H14INO2. The number of aliphatic hydroxyl groups is 1. The van der Waals surface area contributed by atoms with E-state index in [9.17, 15) is 9.90 Å². The van der Waals surface area contributed by atoms with Crippen molar-refractivity contribution in [2.75, 3.05) is 0 Å². The molecule has 4 heteroatoms. The van der Waals surface area contributed by atoms with Gasteiger partial charge in [0.2, 0.25) is 5.91 Å². The summed E-state index contributed by atoms with van der Waals surface area (Å²) in [6, 6.07) is 9.63. The molecule has 0 bridgehead atoms. The first-order valence-electron chi connectivity index (χ1n) is 4.91. The maximum atomic E-state index is 11.6. The summed E-state index contributed by atoms with van der Waals surface area (Å²) in [4.78, 5) is 11.6. The predicted octanol–water partition coefficient (Wildman–Crippen LogP) is 1.65. The minimum Gasteiger partial charge on any atom is -0.387 e. The lowest BCUT2D eigenvalue weighted by atomic mass is 10.2.